The molecule has 0 fully saturated rings. The summed E-state index contributed by atoms with van der Waals surface area (Å²) in [6.07, 6.45) is 0.668. The third-order valence-electron chi connectivity index (χ3n) is 4.55. The first-order valence-corrected chi connectivity index (χ1v) is 7.93. The molecule has 0 saturated carbocycles. The number of rotatable bonds is 2. The van der Waals surface area contributed by atoms with Gasteiger partial charge in [0.2, 0.25) is 0 Å². The van der Waals surface area contributed by atoms with Gasteiger partial charge in [-0.15, -0.1) is 0 Å². The molecule has 126 valence electrons. The predicted molar refractivity (Wildman–Crippen MR) is 92.6 cm³/mol. The van der Waals surface area contributed by atoms with E-state index in [2.05, 4.69) is 5.32 Å². The Hall–Kier alpha value is -3.15. The number of hydrogen-bond acceptors (Lipinski definition) is 3. The van der Waals surface area contributed by atoms with Crippen molar-refractivity contribution in [2.24, 2.45) is 0 Å². The van der Waals surface area contributed by atoms with Gasteiger partial charge in [-0.3, -0.25) is 9.59 Å². The second kappa shape index (κ2) is 5.44. The normalized spacial score (nSPS) is 15.5. The molecule has 1 amide bonds. The van der Waals surface area contributed by atoms with Gasteiger partial charge in [-0.25, -0.2) is 4.39 Å². The molecule has 2 N–H and O–H groups in total. The molecule has 1 aliphatic heterocycles. The van der Waals surface area contributed by atoms with Crippen LogP contribution in [0, 0.1) is 5.82 Å². The number of benzene rings is 2. The molecular formula is C19H15FN2O3. The molecule has 1 unspecified atom stereocenters. The summed E-state index contributed by atoms with van der Waals surface area (Å²) in [5.74, 6) is -1.61. The van der Waals surface area contributed by atoms with Gasteiger partial charge in [0.05, 0.1) is 5.52 Å². The van der Waals surface area contributed by atoms with Crippen molar-refractivity contribution in [1.82, 2.24) is 4.57 Å². The second-order valence-corrected chi connectivity index (χ2v) is 6.23. The van der Waals surface area contributed by atoms with Crippen LogP contribution in [0.4, 0.5) is 10.1 Å². The first kappa shape index (κ1) is 15.4. The molecule has 6 heteroatoms. The number of nitrogens with one attached hydrogen (secondary N) is 1. The highest BCUT2D eigenvalue weighted by molar-refractivity contribution is 6.09. The van der Waals surface area contributed by atoms with E-state index in [1.807, 2.05) is 13.0 Å². The molecule has 1 aromatic heterocycles. The number of para-hydroxylation sites is 1. The van der Waals surface area contributed by atoms with E-state index >= 15 is 0 Å². The Morgan fingerprint density at radius 1 is 1.28 bits per heavy atom. The van der Waals surface area contributed by atoms with Gasteiger partial charge >= 0.3 is 0 Å². The summed E-state index contributed by atoms with van der Waals surface area (Å²) in [4.78, 5) is 25.4. The molecule has 0 bridgehead atoms. The van der Waals surface area contributed by atoms with Gasteiger partial charge in [-0.05, 0) is 43.2 Å². The second-order valence-electron chi connectivity index (χ2n) is 6.23. The van der Waals surface area contributed by atoms with Crippen LogP contribution < -0.4 is 10.9 Å². The molecule has 25 heavy (non-hydrogen) atoms. The molecule has 3 aromatic rings. The average Bonchev–Trinajstić information content (AvgIpc) is 2.89. The van der Waals surface area contributed by atoms with Gasteiger partial charge in [0, 0.05) is 17.1 Å². The highest BCUT2D eigenvalue weighted by atomic mass is 19.1. The zero-order chi connectivity index (χ0) is 17.7. The topological polar surface area (TPSA) is 71.3 Å². The number of hydrogen-bond donors (Lipinski definition) is 2. The lowest BCUT2D eigenvalue weighted by molar-refractivity contribution is 0.102. The van der Waals surface area contributed by atoms with E-state index in [9.17, 15) is 19.1 Å². The van der Waals surface area contributed by atoms with Gasteiger partial charge < -0.3 is 15.0 Å². The van der Waals surface area contributed by atoms with E-state index in [1.54, 1.807) is 16.7 Å². The number of carbonyl (C=O) groups is 1. The molecule has 0 saturated heterocycles. The Kier molecular flexibility index (Phi) is 3.35. The van der Waals surface area contributed by atoms with Crippen LogP contribution in [0.1, 0.15) is 28.9 Å². The molecule has 2 heterocycles. The summed E-state index contributed by atoms with van der Waals surface area (Å²) in [7, 11) is 0. The Morgan fingerprint density at radius 3 is 2.80 bits per heavy atom. The van der Waals surface area contributed by atoms with Crippen molar-refractivity contribution in [2.45, 2.75) is 19.4 Å². The smallest absolute Gasteiger partial charge is 0.268 e. The van der Waals surface area contributed by atoms with Crippen LogP contribution in [0.5, 0.6) is 5.75 Å². The van der Waals surface area contributed by atoms with E-state index in [0.717, 1.165) is 11.6 Å². The molecule has 0 radical (unpaired) electrons. The number of amides is 1. The van der Waals surface area contributed by atoms with E-state index in [1.165, 1.54) is 18.2 Å². The number of aromatic nitrogens is 1. The highest BCUT2D eigenvalue weighted by Gasteiger charge is 2.29. The largest absolute Gasteiger partial charge is 0.506 e. The maximum absolute atomic E-state index is 13.3. The standard InChI is InChI=1S/C19H15FN2O3/c1-10-8-11-4-2-7-14-16(11)22(10)19(25)15(17(14)23)18(24)21-13-6-3-5-12(20)9-13/h2-7,9-10,23H,8H2,1H3,(H,21,24). The lowest BCUT2D eigenvalue weighted by Crippen LogP contribution is -2.30. The van der Waals surface area contributed by atoms with E-state index in [-0.39, 0.29) is 23.0 Å². The number of halogens is 1. The summed E-state index contributed by atoms with van der Waals surface area (Å²) in [6.45, 7) is 1.89. The van der Waals surface area contributed by atoms with Crippen LogP contribution in [-0.2, 0) is 6.42 Å². The molecule has 2 aromatic carbocycles. The monoisotopic (exact) mass is 338 g/mol. The van der Waals surface area contributed by atoms with Gasteiger partial charge in [0.1, 0.15) is 17.1 Å². The fraction of sp³-hybridized carbons (Fsp3) is 0.158. The van der Waals surface area contributed by atoms with E-state index in [4.69, 9.17) is 0 Å². The minimum atomic E-state index is -0.761. The average molecular weight is 338 g/mol. The van der Waals surface area contributed by atoms with Gasteiger partial charge in [0.25, 0.3) is 11.5 Å². The summed E-state index contributed by atoms with van der Waals surface area (Å²) in [5.41, 5.74) is 0.973. The minimum absolute atomic E-state index is 0.103. The van der Waals surface area contributed by atoms with Crippen LogP contribution in [0.3, 0.4) is 0 Å². The van der Waals surface area contributed by atoms with Crippen molar-refractivity contribution in [3.05, 3.63) is 69.8 Å². The lowest BCUT2D eigenvalue weighted by atomic mass is 10.1. The van der Waals surface area contributed by atoms with Gasteiger partial charge in [-0.2, -0.15) is 0 Å². The van der Waals surface area contributed by atoms with Crippen molar-refractivity contribution in [2.75, 3.05) is 5.32 Å². The summed E-state index contributed by atoms with van der Waals surface area (Å²) < 4.78 is 14.8. The van der Waals surface area contributed by atoms with E-state index in [0.29, 0.717) is 17.3 Å². The Labute approximate surface area is 142 Å². The van der Waals surface area contributed by atoms with Crippen molar-refractivity contribution in [3.63, 3.8) is 0 Å². The first-order valence-electron chi connectivity index (χ1n) is 7.93. The van der Waals surface area contributed by atoms with Crippen molar-refractivity contribution in [1.29, 1.82) is 0 Å². The number of nitrogens with zero attached hydrogens (tertiary/aromatic N) is 1. The van der Waals surface area contributed by atoms with Gasteiger partial charge in [0.15, 0.2) is 0 Å². The fourth-order valence-electron chi connectivity index (χ4n) is 3.48. The van der Waals surface area contributed by atoms with Crippen molar-refractivity contribution in [3.8, 4) is 5.75 Å². The molecule has 0 aliphatic carbocycles. The predicted octanol–water partition coefficient (Wildman–Crippen LogP) is 3.22. The number of anilines is 1. The Bertz CT molecular complexity index is 1090. The summed E-state index contributed by atoms with van der Waals surface area (Å²) in [6, 6.07) is 10.6. The minimum Gasteiger partial charge on any atom is -0.506 e. The quantitative estimate of drug-likeness (QED) is 0.754. The van der Waals surface area contributed by atoms with Crippen LogP contribution in [0.15, 0.2) is 47.3 Å². The Balaban J connectivity index is 1.89. The number of pyridine rings is 1. The summed E-state index contributed by atoms with van der Waals surface area (Å²) >= 11 is 0. The van der Waals surface area contributed by atoms with Crippen LogP contribution >= 0.6 is 0 Å². The zero-order valence-corrected chi connectivity index (χ0v) is 13.4. The van der Waals surface area contributed by atoms with Gasteiger partial charge in [-0.1, -0.05) is 18.2 Å². The maximum Gasteiger partial charge on any atom is 0.268 e. The fourth-order valence-corrected chi connectivity index (χ4v) is 3.48. The van der Waals surface area contributed by atoms with Crippen LogP contribution in [0.25, 0.3) is 10.9 Å². The van der Waals surface area contributed by atoms with Crippen LogP contribution in [-0.4, -0.2) is 15.6 Å². The molecule has 5 nitrogen and oxygen atoms in total. The molecular weight excluding hydrogens is 323 g/mol. The first-order chi connectivity index (χ1) is 12.0. The van der Waals surface area contributed by atoms with Crippen LogP contribution in [0.2, 0.25) is 0 Å². The zero-order valence-electron chi connectivity index (χ0n) is 13.4. The van der Waals surface area contributed by atoms with E-state index < -0.39 is 17.3 Å². The molecule has 0 spiro atoms. The molecule has 4 rings (SSSR count). The third-order valence-corrected chi connectivity index (χ3v) is 4.55. The Morgan fingerprint density at radius 2 is 2.04 bits per heavy atom. The number of carbonyl (C=O) groups excluding carboxylic acids is 1. The van der Waals surface area contributed by atoms with Crippen molar-refractivity contribution >= 4 is 22.5 Å². The lowest BCUT2D eigenvalue weighted by Gasteiger charge is -2.14. The summed E-state index contributed by atoms with van der Waals surface area (Å²) in [5, 5.41) is 13.5. The molecule has 1 atom stereocenters. The third kappa shape index (κ3) is 2.29. The SMILES string of the molecule is CC1Cc2cccc3c(O)c(C(=O)Nc4cccc(F)c4)c(=O)n1c23. The maximum atomic E-state index is 13.3. The van der Waals surface area contributed by atoms with Crippen molar-refractivity contribution < 1.29 is 14.3 Å². The highest BCUT2D eigenvalue weighted by Crippen LogP contribution is 2.36. The number of aromatic hydroxyl groups is 1. The molecule has 1 aliphatic rings.